The second kappa shape index (κ2) is 3.05. The topological polar surface area (TPSA) is 35.3 Å². The maximum Gasteiger partial charge on any atom is 0.197 e. The molecule has 0 atom stereocenters. The number of hydrogen-bond acceptors (Lipinski definition) is 3. The van der Waals surface area contributed by atoms with Crippen molar-refractivity contribution in [3.63, 3.8) is 0 Å². The first kappa shape index (κ1) is 6.85. The minimum Gasteiger partial charge on any atom is -0.448 e. The summed E-state index contributed by atoms with van der Waals surface area (Å²) in [6.07, 6.45) is 6.22. The molecular weight excluding hydrogens is 142 g/mol. The van der Waals surface area contributed by atoms with Crippen molar-refractivity contribution >= 4 is 0 Å². The summed E-state index contributed by atoms with van der Waals surface area (Å²) in [6.45, 7) is 1.65. The lowest BCUT2D eigenvalue weighted by atomic mass is 10.0. The van der Waals surface area contributed by atoms with Gasteiger partial charge in [-0.25, -0.2) is 4.98 Å². The molecule has 0 N–H and O–H groups in total. The SMILES string of the molecule is [c]1coc(C2CCOCC2)n1. The van der Waals surface area contributed by atoms with Crippen LogP contribution >= 0.6 is 0 Å². The van der Waals surface area contributed by atoms with Gasteiger partial charge >= 0.3 is 0 Å². The van der Waals surface area contributed by atoms with Crippen molar-refractivity contribution in [2.45, 2.75) is 18.8 Å². The van der Waals surface area contributed by atoms with Crippen LogP contribution in [-0.2, 0) is 4.74 Å². The van der Waals surface area contributed by atoms with Crippen LogP contribution in [0, 0.1) is 6.20 Å². The minimum atomic E-state index is 0.454. The third-order valence-electron chi connectivity index (χ3n) is 1.98. The maximum atomic E-state index is 5.22. The molecular formula is C8H10NO2. The molecule has 0 unspecified atom stereocenters. The predicted molar refractivity (Wildman–Crippen MR) is 38.1 cm³/mol. The van der Waals surface area contributed by atoms with Crippen molar-refractivity contribution < 1.29 is 9.15 Å². The zero-order valence-electron chi connectivity index (χ0n) is 6.25. The molecule has 2 heterocycles. The Labute approximate surface area is 65.4 Å². The van der Waals surface area contributed by atoms with Gasteiger partial charge < -0.3 is 9.15 Å². The van der Waals surface area contributed by atoms with Crippen LogP contribution < -0.4 is 0 Å². The second-order valence-corrected chi connectivity index (χ2v) is 2.70. The molecule has 59 valence electrons. The van der Waals surface area contributed by atoms with Crippen LogP contribution in [0.25, 0.3) is 0 Å². The lowest BCUT2D eigenvalue weighted by Gasteiger charge is -2.18. The number of ether oxygens (including phenoxy) is 1. The van der Waals surface area contributed by atoms with Gasteiger partial charge in [0.1, 0.15) is 12.5 Å². The highest BCUT2D eigenvalue weighted by molar-refractivity contribution is 4.91. The Kier molecular flexibility index (Phi) is 1.90. The van der Waals surface area contributed by atoms with Crippen LogP contribution in [0.2, 0.25) is 0 Å². The van der Waals surface area contributed by atoms with Crippen LogP contribution in [0.15, 0.2) is 10.7 Å². The van der Waals surface area contributed by atoms with E-state index >= 15 is 0 Å². The molecule has 0 aliphatic carbocycles. The number of nitrogens with zero attached hydrogens (tertiary/aromatic N) is 1. The zero-order valence-corrected chi connectivity index (χ0v) is 6.25. The number of oxazole rings is 1. The third-order valence-corrected chi connectivity index (χ3v) is 1.98. The van der Waals surface area contributed by atoms with E-state index in [9.17, 15) is 0 Å². The summed E-state index contributed by atoms with van der Waals surface area (Å²) in [5, 5.41) is 0. The summed E-state index contributed by atoms with van der Waals surface area (Å²) in [6, 6.07) is 0. The molecule has 0 aromatic carbocycles. The van der Waals surface area contributed by atoms with Crippen molar-refractivity contribution in [2.24, 2.45) is 0 Å². The molecule has 2 rings (SSSR count). The van der Waals surface area contributed by atoms with E-state index in [0.29, 0.717) is 5.92 Å². The summed E-state index contributed by atoms with van der Waals surface area (Å²) in [5.74, 6) is 1.27. The molecule has 0 bridgehead atoms. The van der Waals surface area contributed by atoms with Crippen molar-refractivity contribution in [1.29, 1.82) is 0 Å². The summed E-state index contributed by atoms with van der Waals surface area (Å²) in [7, 11) is 0. The summed E-state index contributed by atoms with van der Waals surface area (Å²) in [4.78, 5) is 3.99. The Bertz CT molecular complexity index is 202. The summed E-state index contributed by atoms with van der Waals surface area (Å²) < 4.78 is 10.4. The Morgan fingerprint density at radius 3 is 2.91 bits per heavy atom. The molecule has 0 amide bonds. The van der Waals surface area contributed by atoms with Crippen molar-refractivity contribution in [1.82, 2.24) is 4.98 Å². The van der Waals surface area contributed by atoms with Gasteiger partial charge in [-0.2, -0.15) is 0 Å². The first-order valence-electron chi connectivity index (χ1n) is 3.86. The van der Waals surface area contributed by atoms with Gasteiger partial charge in [-0.15, -0.1) is 0 Å². The van der Waals surface area contributed by atoms with Gasteiger partial charge in [0.2, 0.25) is 0 Å². The van der Waals surface area contributed by atoms with E-state index in [0.717, 1.165) is 31.9 Å². The number of rotatable bonds is 1. The molecule has 1 aliphatic rings. The normalized spacial score (nSPS) is 20.4. The summed E-state index contributed by atoms with van der Waals surface area (Å²) in [5.41, 5.74) is 0. The first-order valence-corrected chi connectivity index (χ1v) is 3.86. The molecule has 11 heavy (non-hydrogen) atoms. The summed E-state index contributed by atoms with van der Waals surface area (Å²) >= 11 is 0. The van der Waals surface area contributed by atoms with Crippen LogP contribution in [-0.4, -0.2) is 18.2 Å². The minimum absolute atomic E-state index is 0.454. The van der Waals surface area contributed by atoms with E-state index in [-0.39, 0.29) is 0 Å². The van der Waals surface area contributed by atoms with E-state index in [2.05, 4.69) is 11.2 Å². The molecule has 3 nitrogen and oxygen atoms in total. The van der Waals surface area contributed by atoms with Crippen LogP contribution in [0.5, 0.6) is 0 Å². The van der Waals surface area contributed by atoms with Gasteiger partial charge in [-0.3, -0.25) is 0 Å². The second-order valence-electron chi connectivity index (χ2n) is 2.70. The molecule has 0 spiro atoms. The number of hydrogen-bond donors (Lipinski definition) is 0. The van der Waals surface area contributed by atoms with E-state index < -0.39 is 0 Å². The quantitative estimate of drug-likeness (QED) is 0.609. The van der Waals surface area contributed by atoms with Crippen molar-refractivity contribution in [3.05, 3.63) is 18.4 Å². The predicted octanol–water partition coefficient (Wildman–Crippen LogP) is 1.37. The Hall–Kier alpha value is -0.830. The van der Waals surface area contributed by atoms with E-state index in [1.54, 1.807) is 0 Å². The molecule has 1 aliphatic heterocycles. The average Bonchev–Trinajstić information content (AvgIpc) is 2.58. The lowest BCUT2D eigenvalue weighted by molar-refractivity contribution is 0.0794. The molecule has 1 aromatic rings. The van der Waals surface area contributed by atoms with Gasteiger partial charge in [0, 0.05) is 19.1 Å². The van der Waals surface area contributed by atoms with Gasteiger partial charge in [0.25, 0.3) is 0 Å². The fraction of sp³-hybridized carbons (Fsp3) is 0.625. The fourth-order valence-electron chi connectivity index (χ4n) is 1.34. The Balaban J connectivity index is 2.04. The van der Waals surface area contributed by atoms with Crippen molar-refractivity contribution in [3.8, 4) is 0 Å². The van der Waals surface area contributed by atoms with Gasteiger partial charge in [-0.05, 0) is 12.8 Å². The average molecular weight is 152 g/mol. The van der Waals surface area contributed by atoms with Crippen LogP contribution in [0.4, 0.5) is 0 Å². The Morgan fingerprint density at radius 1 is 1.45 bits per heavy atom. The third kappa shape index (κ3) is 1.43. The standard InChI is InChI=1S/C8H10NO2/c1-4-10-5-2-7(1)8-9-3-6-11-8/h6-7H,1-2,4-5H2. The van der Waals surface area contributed by atoms with Crippen LogP contribution in [0.1, 0.15) is 24.7 Å². The highest BCUT2D eigenvalue weighted by atomic mass is 16.5. The van der Waals surface area contributed by atoms with Crippen LogP contribution in [0.3, 0.4) is 0 Å². The van der Waals surface area contributed by atoms with E-state index in [1.165, 1.54) is 6.26 Å². The molecule has 1 fully saturated rings. The Morgan fingerprint density at radius 2 is 2.27 bits per heavy atom. The van der Waals surface area contributed by atoms with Gasteiger partial charge in [0.05, 0.1) is 0 Å². The van der Waals surface area contributed by atoms with E-state index in [1.807, 2.05) is 0 Å². The maximum absolute atomic E-state index is 5.22. The molecule has 0 saturated carbocycles. The van der Waals surface area contributed by atoms with Crippen molar-refractivity contribution in [2.75, 3.05) is 13.2 Å². The molecule has 1 saturated heterocycles. The molecule has 1 aromatic heterocycles. The molecule has 1 radical (unpaired) electrons. The first-order chi connectivity index (χ1) is 5.47. The fourth-order valence-corrected chi connectivity index (χ4v) is 1.34. The smallest absolute Gasteiger partial charge is 0.197 e. The highest BCUT2D eigenvalue weighted by Crippen LogP contribution is 2.24. The van der Waals surface area contributed by atoms with E-state index in [4.69, 9.17) is 9.15 Å². The molecule has 3 heteroatoms. The zero-order chi connectivity index (χ0) is 7.52. The van der Waals surface area contributed by atoms with Gasteiger partial charge in [0.15, 0.2) is 5.89 Å². The lowest BCUT2D eigenvalue weighted by Crippen LogP contribution is -2.14. The van der Waals surface area contributed by atoms with Gasteiger partial charge in [-0.1, -0.05) is 0 Å². The largest absolute Gasteiger partial charge is 0.448 e. The number of aromatic nitrogens is 1. The highest BCUT2D eigenvalue weighted by Gasteiger charge is 2.19. The monoisotopic (exact) mass is 152 g/mol.